The second kappa shape index (κ2) is 5.18. The standard InChI is InChI=1S/C16H15N3O2/c1-2-5-13-12(4-1)16(18-11-17-13)19-7-9-21-15(10-19)14-6-3-8-20-14/h1-6,8,11,15H,7,9-10H2. The molecule has 2 aromatic heterocycles. The van der Waals surface area contributed by atoms with Gasteiger partial charge in [-0.2, -0.15) is 0 Å². The fraction of sp³-hybridized carbons (Fsp3) is 0.250. The first-order valence-electron chi connectivity index (χ1n) is 7.01. The Hall–Kier alpha value is -2.40. The minimum Gasteiger partial charge on any atom is -0.467 e. The molecule has 0 spiro atoms. The Bertz CT molecular complexity index is 737. The predicted octanol–water partition coefficient (Wildman–Crippen LogP) is 2.80. The molecule has 3 heterocycles. The monoisotopic (exact) mass is 281 g/mol. The summed E-state index contributed by atoms with van der Waals surface area (Å²) in [4.78, 5) is 11.0. The molecule has 5 nitrogen and oxygen atoms in total. The van der Waals surface area contributed by atoms with Gasteiger partial charge in [0, 0.05) is 11.9 Å². The van der Waals surface area contributed by atoms with Crippen LogP contribution < -0.4 is 4.90 Å². The molecule has 0 saturated carbocycles. The number of fused-ring (bicyclic) bond motifs is 1. The Kier molecular flexibility index (Phi) is 3.05. The zero-order valence-electron chi connectivity index (χ0n) is 11.5. The van der Waals surface area contributed by atoms with Crippen LogP contribution in [-0.2, 0) is 4.74 Å². The summed E-state index contributed by atoms with van der Waals surface area (Å²) in [5, 5.41) is 1.07. The zero-order valence-corrected chi connectivity index (χ0v) is 11.5. The van der Waals surface area contributed by atoms with Gasteiger partial charge in [-0.1, -0.05) is 12.1 Å². The highest BCUT2D eigenvalue weighted by Crippen LogP contribution is 2.28. The minimum atomic E-state index is -0.0533. The summed E-state index contributed by atoms with van der Waals surface area (Å²) < 4.78 is 11.3. The van der Waals surface area contributed by atoms with Gasteiger partial charge in [-0.25, -0.2) is 9.97 Å². The number of nitrogens with zero attached hydrogens (tertiary/aromatic N) is 3. The fourth-order valence-corrected chi connectivity index (χ4v) is 2.73. The summed E-state index contributed by atoms with van der Waals surface area (Å²) >= 11 is 0. The van der Waals surface area contributed by atoms with Gasteiger partial charge in [0.05, 0.1) is 24.9 Å². The van der Waals surface area contributed by atoms with E-state index in [0.29, 0.717) is 6.61 Å². The highest BCUT2D eigenvalue weighted by Gasteiger charge is 2.25. The minimum absolute atomic E-state index is 0.0533. The van der Waals surface area contributed by atoms with Gasteiger partial charge < -0.3 is 14.1 Å². The number of ether oxygens (including phenoxy) is 1. The summed E-state index contributed by atoms with van der Waals surface area (Å²) in [6, 6.07) is 11.9. The van der Waals surface area contributed by atoms with Crippen LogP contribution in [0.25, 0.3) is 10.9 Å². The molecule has 106 valence electrons. The molecule has 0 bridgehead atoms. The van der Waals surface area contributed by atoms with Crippen LogP contribution in [0.5, 0.6) is 0 Å². The van der Waals surface area contributed by atoms with E-state index in [4.69, 9.17) is 9.15 Å². The maximum atomic E-state index is 5.81. The quantitative estimate of drug-likeness (QED) is 0.723. The first-order chi connectivity index (χ1) is 10.4. The van der Waals surface area contributed by atoms with Crippen LogP contribution in [0.3, 0.4) is 0 Å². The van der Waals surface area contributed by atoms with Crippen molar-refractivity contribution in [2.75, 3.05) is 24.6 Å². The van der Waals surface area contributed by atoms with Gasteiger partial charge in [-0.3, -0.25) is 0 Å². The lowest BCUT2D eigenvalue weighted by atomic mass is 10.2. The molecule has 1 aliphatic rings. The van der Waals surface area contributed by atoms with E-state index in [2.05, 4.69) is 20.9 Å². The lowest BCUT2D eigenvalue weighted by Gasteiger charge is -2.33. The van der Waals surface area contributed by atoms with Crippen molar-refractivity contribution in [3.8, 4) is 0 Å². The van der Waals surface area contributed by atoms with Crippen molar-refractivity contribution in [1.82, 2.24) is 9.97 Å². The number of aromatic nitrogens is 2. The van der Waals surface area contributed by atoms with Crippen molar-refractivity contribution >= 4 is 16.7 Å². The van der Waals surface area contributed by atoms with Gasteiger partial charge in [0.15, 0.2) is 0 Å². The van der Waals surface area contributed by atoms with E-state index in [9.17, 15) is 0 Å². The Morgan fingerprint density at radius 3 is 2.95 bits per heavy atom. The highest BCUT2D eigenvalue weighted by atomic mass is 16.5. The summed E-state index contributed by atoms with van der Waals surface area (Å²) in [5.74, 6) is 1.82. The van der Waals surface area contributed by atoms with Gasteiger partial charge in [-0.05, 0) is 24.3 Å². The number of hydrogen-bond donors (Lipinski definition) is 0. The summed E-state index contributed by atoms with van der Waals surface area (Å²) in [7, 11) is 0. The first kappa shape index (κ1) is 12.3. The van der Waals surface area contributed by atoms with Crippen LogP contribution >= 0.6 is 0 Å². The average Bonchev–Trinajstić information content (AvgIpc) is 3.09. The molecule has 1 atom stereocenters. The SMILES string of the molecule is c1coc(C2CN(c3ncnc4ccccc34)CCO2)c1. The van der Waals surface area contributed by atoms with E-state index in [0.717, 1.165) is 35.6 Å². The lowest BCUT2D eigenvalue weighted by molar-refractivity contribution is 0.0256. The molecule has 1 saturated heterocycles. The number of anilines is 1. The third-order valence-electron chi connectivity index (χ3n) is 3.75. The molecule has 1 aliphatic heterocycles. The van der Waals surface area contributed by atoms with Gasteiger partial charge in [0.25, 0.3) is 0 Å². The summed E-state index contributed by atoms with van der Waals surface area (Å²) in [6.07, 6.45) is 3.25. The summed E-state index contributed by atoms with van der Waals surface area (Å²) in [6.45, 7) is 2.20. The number of morpholine rings is 1. The van der Waals surface area contributed by atoms with Crippen LogP contribution in [0.4, 0.5) is 5.82 Å². The van der Waals surface area contributed by atoms with Gasteiger partial charge >= 0.3 is 0 Å². The van der Waals surface area contributed by atoms with Crippen LogP contribution in [0.15, 0.2) is 53.4 Å². The van der Waals surface area contributed by atoms with Crippen LogP contribution in [0.2, 0.25) is 0 Å². The van der Waals surface area contributed by atoms with Gasteiger partial charge in [-0.15, -0.1) is 0 Å². The van der Waals surface area contributed by atoms with Crippen molar-refractivity contribution in [3.63, 3.8) is 0 Å². The molecule has 4 rings (SSSR count). The third-order valence-corrected chi connectivity index (χ3v) is 3.75. The van der Waals surface area contributed by atoms with Gasteiger partial charge in [0.1, 0.15) is 24.0 Å². The van der Waals surface area contributed by atoms with E-state index in [-0.39, 0.29) is 6.10 Å². The second-order valence-corrected chi connectivity index (χ2v) is 5.04. The average molecular weight is 281 g/mol. The van der Waals surface area contributed by atoms with E-state index < -0.39 is 0 Å². The fourth-order valence-electron chi connectivity index (χ4n) is 2.73. The molecule has 21 heavy (non-hydrogen) atoms. The maximum absolute atomic E-state index is 5.81. The maximum Gasteiger partial charge on any atom is 0.140 e. The third kappa shape index (κ3) is 2.25. The van der Waals surface area contributed by atoms with E-state index in [1.54, 1.807) is 12.6 Å². The van der Waals surface area contributed by atoms with Crippen molar-refractivity contribution in [3.05, 3.63) is 54.7 Å². The smallest absolute Gasteiger partial charge is 0.140 e. The molecule has 1 unspecified atom stereocenters. The van der Waals surface area contributed by atoms with Crippen molar-refractivity contribution in [2.24, 2.45) is 0 Å². The van der Waals surface area contributed by atoms with Gasteiger partial charge in [0.2, 0.25) is 0 Å². The molecule has 0 radical (unpaired) electrons. The molecule has 0 amide bonds. The molecular weight excluding hydrogens is 266 g/mol. The normalized spacial score (nSPS) is 19.0. The summed E-state index contributed by atoms with van der Waals surface area (Å²) in [5.41, 5.74) is 0.962. The van der Waals surface area contributed by atoms with E-state index >= 15 is 0 Å². The van der Waals surface area contributed by atoms with Crippen molar-refractivity contribution in [1.29, 1.82) is 0 Å². The molecular formula is C16H15N3O2. The Morgan fingerprint density at radius 2 is 2.05 bits per heavy atom. The molecule has 5 heteroatoms. The van der Waals surface area contributed by atoms with E-state index in [1.165, 1.54) is 0 Å². The molecule has 0 N–H and O–H groups in total. The largest absolute Gasteiger partial charge is 0.467 e. The first-order valence-corrected chi connectivity index (χ1v) is 7.01. The highest BCUT2D eigenvalue weighted by molar-refractivity contribution is 5.89. The Labute approximate surface area is 122 Å². The number of rotatable bonds is 2. The second-order valence-electron chi connectivity index (χ2n) is 5.04. The van der Waals surface area contributed by atoms with Crippen molar-refractivity contribution in [2.45, 2.75) is 6.10 Å². The predicted molar refractivity (Wildman–Crippen MR) is 79.2 cm³/mol. The zero-order chi connectivity index (χ0) is 14.1. The topological polar surface area (TPSA) is 51.4 Å². The Morgan fingerprint density at radius 1 is 1.10 bits per heavy atom. The van der Waals surface area contributed by atoms with E-state index in [1.807, 2.05) is 30.3 Å². The van der Waals surface area contributed by atoms with Crippen LogP contribution in [0, 0.1) is 0 Å². The Balaban J connectivity index is 1.68. The number of benzene rings is 1. The number of furan rings is 1. The van der Waals surface area contributed by atoms with Crippen LogP contribution in [0.1, 0.15) is 11.9 Å². The van der Waals surface area contributed by atoms with Crippen LogP contribution in [-0.4, -0.2) is 29.7 Å². The molecule has 1 fully saturated rings. The molecule has 1 aromatic carbocycles. The number of para-hydroxylation sites is 1. The molecule has 3 aromatic rings. The molecule has 0 aliphatic carbocycles. The number of hydrogen-bond acceptors (Lipinski definition) is 5. The lowest BCUT2D eigenvalue weighted by Crippen LogP contribution is -2.38. The van der Waals surface area contributed by atoms with Crippen molar-refractivity contribution < 1.29 is 9.15 Å².